The van der Waals surface area contributed by atoms with Crippen molar-refractivity contribution < 1.29 is 4.79 Å². The van der Waals surface area contributed by atoms with Crippen LogP contribution < -0.4 is 5.32 Å². The molecule has 0 bridgehead atoms. The van der Waals surface area contributed by atoms with Crippen LogP contribution in [0.25, 0.3) is 0 Å². The van der Waals surface area contributed by atoms with Crippen molar-refractivity contribution in [2.24, 2.45) is 0 Å². The predicted molar refractivity (Wildman–Crippen MR) is 75.5 cm³/mol. The first-order valence-electron chi connectivity index (χ1n) is 5.95. The lowest BCUT2D eigenvalue weighted by molar-refractivity contribution is 0.102. The summed E-state index contributed by atoms with van der Waals surface area (Å²) >= 11 is 5.69. The minimum Gasteiger partial charge on any atom is -0.321 e. The van der Waals surface area contributed by atoms with Gasteiger partial charge in [-0.3, -0.25) is 9.78 Å². The normalized spacial score (nSPS) is 10.5. The molecule has 0 saturated carbocycles. The average Bonchev–Trinajstić information content (AvgIpc) is 2.39. The van der Waals surface area contributed by atoms with E-state index in [2.05, 4.69) is 29.1 Å². The van der Waals surface area contributed by atoms with Gasteiger partial charge in [0, 0.05) is 5.69 Å². The molecule has 2 aromatic rings. The van der Waals surface area contributed by atoms with Gasteiger partial charge in [-0.25, -0.2) is 4.98 Å². The molecule has 1 aromatic heterocycles. The number of rotatable bonds is 3. The molecule has 0 aliphatic rings. The molecule has 1 N–H and O–H groups in total. The predicted octanol–water partition coefficient (Wildman–Crippen LogP) is 3.51. The molecule has 0 atom stereocenters. The van der Waals surface area contributed by atoms with Crippen molar-refractivity contribution in [1.82, 2.24) is 9.97 Å². The summed E-state index contributed by atoms with van der Waals surface area (Å²) in [4.78, 5) is 19.6. The highest BCUT2D eigenvalue weighted by atomic mass is 35.5. The fourth-order valence-corrected chi connectivity index (χ4v) is 1.75. The van der Waals surface area contributed by atoms with Crippen LogP contribution in [-0.4, -0.2) is 15.9 Å². The fourth-order valence-electron chi connectivity index (χ4n) is 1.60. The number of aromatic nitrogens is 2. The number of benzene rings is 1. The van der Waals surface area contributed by atoms with Crippen LogP contribution in [0.15, 0.2) is 36.7 Å². The highest BCUT2D eigenvalue weighted by Gasteiger charge is 2.09. The molecule has 0 aliphatic heterocycles. The maximum absolute atomic E-state index is 11.9. The Kier molecular flexibility index (Phi) is 4.12. The van der Waals surface area contributed by atoms with E-state index in [9.17, 15) is 4.79 Å². The zero-order valence-electron chi connectivity index (χ0n) is 10.7. The quantitative estimate of drug-likeness (QED) is 0.933. The van der Waals surface area contributed by atoms with Gasteiger partial charge >= 0.3 is 0 Å². The third kappa shape index (κ3) is 3.51. The van der Waals surface area contributed by atoms with Crippen LogP contribution in [0, 0.1) is 0 Å². The molecule has 1 heterocycles. The van der Waals surface area contributed by atoms with Gasteiger partial charge in [0.25, 0.3) is 5.91 Å². The van der Waals surface area contributed by atoms with E-state index >= 15 is 0 Å². The Morgan fingerprint density at radius 3 is 2.47 bits per heavy atom. The topological polar surface area (TPSA) is 54.9 Å². The molecular formula is C14H14ClN3O. The summed E-state index contributed by atoms with van der Waals surface area (Å²) in [5, 5.41) is 2.95. The van der Waals surface area contributed by atoms with E-state index in [1.54, 1.807) is 0 Å². The number of hydrogen-bond donors (Lipinski definition) is 1. The van der Waals surface area contributed by atoms with Crippen LogP contribution in [0.2, 0.25) is 5.15 Å². The van der Waals surface area contributed by atoms with Crippen LogP contribution in [-0.2, 0) is 0 Å². The second-order valence-electron chi connectivity index (χ2n) is 4.46. The van der Waals surface area contributed by atoms with Crippen molar-refractivity contribution in [1.29, 1.82) is 0 Å². The van der Waals surface area contributed by atoms with Gasteiger partial charge in [0.05, 0.1) is 12.4 Å². The smallest absolute Gasteiger partial charge is 0.275 e. The molecule has 1 amide bonds. The Labute approximate surface area is 116 Å². The van der Waals surface area contributed by atoms with E-state index in [0.29, 0.717) is 5.92 Å². The summed E-state index contributed by atoms with van der Waals surface area (Å²) in [6.45, 7) is 4.24. The zero-order valence-corrected chi connectivity index (χ0v) is 11.5. The largest absolute Gasteiger partial charge is 0.321 e. The number of carbonyl (C=O) groups excluding carboxylic acids is 1. The van der Waals surface area contributed by atoms with Crippen molar-refractivity contribution >= 4 is 23.2 Å². The first kappa shape index (κ1) is 13.5. The molecule has 0 aliphatic carbocycles. The Morgan fingerprint density at radius 1 is 1.21 bits per heavy atom. The number of carbonyl (C=O) groups is 1. The fraction of sp³-hybridized carbons (Fsp3) is 0.214. The van der Waals surface area contributed by atoms with Gasteiger partial charge in [0.15, 0.2) is 0 Å². The lowest BCUT2D eigenvalue weighted by Crippen LogP contribution is -2.14. The number of hydrogen-bond acceptors (Lipinski definition) is 3. The van der Waals surface area contributed by atoms with Crippen LogP contribution in [0.3, 0.4) is 0 Å². The molecule has 5 heteroatoms. The molecule has 2 rings (SSSR count). The Morgan fingerprint density at radius 2 is 1.89 bits per heavy atom. The van der Waals surface area contributed by atoms with Gasteiger partial charge in [-0.05, 0) is 23.6 Å². The second-order valence-corrected chi connectivity index (χ2v) is 4.85. The van der Waals surface area contributed by atoms with E-state index in [-0.39, 0.29) is 16.8 Å². The van der Waals surface area contributed by atoms with E-state index in [0.717, 1.165) is 5.69 Å². The van der Waals surface area contributed by atoms with Crippen molar-refractivity contribution in [3.05, 3.63) is 53.1 Å². The van der Waals surface area contributed by atoms with Crippen molar-refractivity contribution in [3.8, 4) is 0 Å². The van der Waals surface area contributed by atoms with Gasteiger partial charge < -0.3 is 5.32 Å². The van der Waals surface area contributed by atoms with E-state index in [1.165, 1.54) is 18.0 Å². The maximum atomic E-state index is 11.9. The minimum atomic E-state index is -0.327. The Balaban J connectivity index is 2.10. The highest BCUT2D eigenvalue weighted by Crippen LogP contribution is 2.17. The van der Waals surface area contributed by atoms with Gasteiger partial charge in [0.1, 0.15) is 10.8 Å². The number of amides is 1. The zero-order chi connectivity index (χ0) is 13.8. The molecular weight excluding hydrogens is 262 g/mol. The van der Waals surface area contributed by atoms with Gasteiger partial charge in [0.2, 0.25) is 0 Å². The molecule has 98 valence electrons. The van der Waals surface area contributed by atoms with Crippen molar-refractivity contribution in [2.75, 3.05) is 5.32 Å². The SMILES string of the molecule is CC(C)c1ccc(NC(=O)c2cncc(Cl)n2)cc1. The molecule has 0 radical (unpaired) electrons. The first-order chi connectivity index (χ1) is 9.06. The van der Waals surface area contributed by atoms with Crippen molar-refractivity contribution in [2.45, 2.75) is 19.8 Å². The second kappa shape index (κ2) is 5.80. The number of halogens is 1. The monoisotopic (exact) mass is 275 g/mol. The van der Waals surface area contributed by atoms with E-state index < -0.39 is 0 Å². The third-order valence-corrected chi connectivity index (χ3v) is 2.86. The summed E-state index contributed by atoms with van der Waals surface area (Å²) in [6.07, 6.45) is 2.76. The third-order valence-electron chi connectivity index (χ3n) is 2.67. The number of nitrogens with one attached hydrogen (secondary N) is 1. The van der Waals surface area contributed by atoms with Crippen LogP contribution in [0.5, 0.6) is 0 Å². The molecule has 4 nitrogen and oxygen atoms in total. The average molecular weight is 276 g/mol. The van der Waals surface area contributed by atoms with E-state index in [1.807, 2.05) is 24.3 Å². The molecule has 1 aromatic carbocycles. The first-order valence-corrected chi connectivity index (χ1v) is 6.33. The lowest BCUT2D eigenvalue weighted by Gasteiger charge is -2.08. The standard InChI is InChI=1S/C14H14ClN3O/c1-9(2)10-3-5-11(6-4-10)17-14(19)12-7-16-8-13(15)18-12/h3-9H,1-2H3,(H,17,19). The van der Waals surface area contributed by atoms with Gasteiger partial charge in [-0.2, -0.15) is 0 Å². The highest BCUT2D eigenvalue weighted by molar-refractivity contribution is 6.29. The summed E-state index contributed by atoms with van der Waals surface area (Å²) < 4.78 is 0. The number of nitrogens with zero attached hydrogens (tertiary/aromatic N) is 2. The summed E-state index contributed by atoms with van der Waals surface area (Å²) in [7, 11) is 0. The molecule has 19 heavy (non-hydrogen) atoms. The maximum Gasteiger partial charge on any atom is 0.275 e. The molecule has 0 fully saturated rings. The minimum absolute atomic E-state index is 0.195. The molecule has 0 unspecified atom stereocenters. The van der Waals surface area contributed by atoms with Gasteiger partial charge in [-0.15, -0.1) is 0 Å². The summed E-state index contributed by atoms with van der Waals surface area (Å²) in [5.74, 6) is 0.135. The van der Waals surface area contributed by atoms with Gasteiger partial charge in [-0.1, -0.05) is 37.6 Å². The Bertz CT molecular complexity index is 581. The van der Waals surface area contributed by atoms with Crippen LogP contribution in [0.1, 0.15) is 35.8 Å². The molecule has 0 saturated heterocycles. The lowest BCUT2D eigenvalue weighted by atomic mass is 10.0. The van der Waals surface area contributed by atoms with Crippen molar-refractivity contribution in [3.63, 3.8) is 0 Å². The van der Waals surface area contributed by atoms with Crippen LogP contribution in [0.4, 0.5) is 5.69 Å². The number of anilines is 1. The summed E-state index contributed by atoms with van der Waals surface area (Å²) in [5.41, 5.74) is 2.14. The molecule has 0 spiro atoms. The van der Waals surface area contributed by atoms with E-state index in [4.69, 9.17) is 11.6 Å². The Hall–Kier alpha value is -1.94. The summed E-state index contributed by atoms with van der Waals surface area (Å²) in [6, 6.07) is 7.71. The van der Waals surface area contributed by atoms with Crippen LogP contribution >= 0.6 is 11.6 Å².